The Labute approximate surface area is 276 Å². The minimum absolute atomic E-state index is 0.865. The van der Waals surface area contributed by atoms with Crippen LogP contribution < -0.4 is 9.64 Å². The highest BCUT2D eigenvalue weighted by Crippen LogP contribution is 2.51. The molecule has 2 nitrogen and oxygen atoms in total. The lowest BCUT2D eigenvalue weighted by Crippen LogP contribution is -2.10. The van der Waals surface area contributed by atoms with Crippen LogP contribution in [0.5, 0.6) is 11.5 Å². The highest BCUT2D eigenvalue weighted by molar-refractivity contribution is 7.25. The van der Waals surface area contributed by atoms with E-state index in [9.17, 15) is 0 Å². The van der Waals surface area contributed by atoms with Gasteiger partial charge in [0.25, 0.3) is 0 Å². The predicted molar refractivity (Wildman–Crippen MR) is 200 cm³/mol. The van der Waals surface area contributed by atoms with E-state index in [1.807, 2.05) is 11.3 Å². The molecule has 0 saturated carbocycles. The zero-order chi connectivity index (χ0) is 30.9. The molecular weight excluding hydrogens is 591 g/mol. The molecule has 0 radical (unpaired) electrons. The fraction of sp³-hybridized carbons (Fsp3) is 0. The largest absolute Gasteiger partial charge is 0.456 e. The van der Waals surface area contributed by atoms with Crippen molar-refractivity contribution in [2.45, 2.75) is 0 Å². The van der Waals surface area contributed by atoms with Gasteiger partial charge in [0, 0.05) is 54.3 Å². The molecule has 220 valence electrons. The van der Waals surface area contributed by atoms with E-state index < -0.39 is 0 Å². The van der Waals surface area contributed by atoms with Gasteiger partial charge < -0.3 is 9.64 Å². The number of fused-ring (bicyclic) bond motifs is 6. The first-order valence-electron chi connectivity index (χ1n) is 15.9. The lowest BCUT2D eigenvalue weighted by Gasteiger charge is -2.28. The minimum atomic E-state index is 0.865. The molecule has 1 aliphatic heterocycles. The molecule has 2 heterocycles. The summed E-state index contributed by atoms with van der Waals surface area (Å²) in [6, 6.07) is 58.9. The monoisotopic (exact) mass is 617 g/mol. The number of para-hydroxylation sites is 1. The van der Waals surface area contributed by atoms with E-state index in [2.05, 4.69) is 169 Å². The second-order valence-electron chi connectivity index (χ2n) is 12.1. The smallest absolute Gasteiger partial charge is 0.137 e. The van der Waals surface area contributed by atoms with Crippen molar-refractivity contribution in [3.8, 4) is 33.8 Å². The molecule has 0 aliphatic carbocycles. The van der Waals surface area contributed by atoms with Gasteiger partial charge in [0.1, 0.15) is 11.5 Å². The number of rotatable bonds is 4. The first-order chi connectivity index (χ1) is 23.3. The maximum Gasteiger partial charge on any atom is 0.137 e. The SMILES string of the molecule is c1ccc(N(c2ccc3c(c2)Oc2ccc(-c4ccc5ccccc5c4)c4cccc-3c24)c2ccc3sc4ccccc4c3c2)cc1. The first-order valence-corrected chi connectivity index (χ1v) is 16.7. The average molecular weight is 618 g/mol. The molecule has 0 N–H and O–H groups in total. The van der Waals surface area contributed by atoms with Crippen molar-refractivity contribution in [3.63, 3.8) is 0 Å². The van der Waals surface area contributed by atoms with Crippen LogP contribution in [0.4, 0.5) is 17.1 Å². The van der Waals surface area contributed by atoms with E-state index in [1.54, 1.807) is 0 Å². The van der Waals surface area contributed by atoms with Crippen LogP contribution in [0.3, 0.4) is 0 Å². The molecule has 0 spiro atoms. The standard InChI is InChI=1S/C44H27NOS/c1-2-11-31(12-3-1)45(32-20-24-43-39(26-32)36-13-6-7-16-42(36)47-43)33-19-21-35-38-15-8-14-37-34(22-23-40(44(37)38)46-41(35)27-33)30-18-17-28-9-4-5-10-29(28)25-30/h1-27H. The van der Waals surface area contributed by atoms with Gasteiger partial charge in [-0.3, -0.25) is 0 Å². The lowest BCUT2D eigenvalue weighted by atomic mass is 9.90. The lowest BCUT2D eigenvalue weighted by molar-refractivity contribution is 0.487. The van der Waals surface area contributed by atoms with Crippen molar-refractivity contribution in [3.05, 3.63) is 164 Å². The zero-order valence-corrected chi connectivity index (χ0v) is 26.2. The predicted octanol–water partition coefficient (Wildman–Crippen LogP) is 13.3. The van der Waals surface area contributed by atoms with Crippen LogP contribution in [0, 0.1) is 0 Å². The highest BCUT2D eigenvalue weighted by Gasteiger charge is 2.24. The Kier molecular flexibility index (Phi) is 5.78. The summed E-state index contributed by atoms with van der Waals surface area (Å²) < 4.78 is 9.37. The van der Waals surface area contributed by atoms with Crippen molar-refractivity contribution in [2.75, 3.05) is 4.90 Å². The molecule has 8 aromatic carbocycles. The van der Waals surface area contributed by atoms with Gasteiger partial charge in [-0.05, 0) is 93.5 Å². The molecule has 0 unspecified atom stereocenters. The Bertz CT molecular complexity index is 2670. The Morgan fingerprint density at radius 3 is 2.09 bits per heavy atom. The Morgan fingerprint density at radius 2 is 1.15 bits per heavy atom. The fourth-order valence-corrected chi connectivity index (χ4v) is 8.33. The number of hydrogen-bond donors (Lipinski definition) is 0. The second-order valence-corrected chi connectivity index (χ2v) is 13.2. The van der Waals surface area contributed by atoms with Crippen molar-refractivity contribution in [2.24, 2.45) is 0 Å². The normalized spacial score (nSPS) is 12.0. The summed E-state index contributed by atoms with van der Waals surface area (Å²) in [4.78, 5) is 2.33. The summed E-state index contributed by atoms with van der Waals surface area (Å²) in [5, 5.41) is 7.43. The fourth-order valence-electron chi connectivity index (χ4n) is 7.25. The second kappa shape index (κ2) is 10.3. The summed E-state index contributed by atoms with van der Waals surface area (Å²) >= 11 is 1.84. The van der Waals surface area contributed by atoms with Crippen LogP contribution in [0.2, 0.25) is 0 Å². The van der Waals surface area contributed by atoms with Crippen LogP contribution >= 0.6 is 11.3 Å². The quantitative estimate of drug-likeness (QED) is 0.195. The van der Waals surface area contributed by atoms with E-state index in [-0.39, 0.29) is 0 Å². The van der Waals surface area contributed by atoms with Gasteiger partial charge in [-0.25, -0.2) is 0 Å². The van der Waals surface area contributed by atoms with Crippen LogP contribution in [-0.4, -0.2) is 0 Å². The van der Waals surface area contributed by atoms with Gasteiger partial charge in [0.05, 0.1) is 0 Å². The summed E-state index contributed by atoms with van der Waals surface area (Å²) in [6.45, 7) is 0. The van der Waals surface area contributed by atoms with Crippen molar-refractivity contribution in [1.29, 1.82) is 0 Å². The molecule has 0 atom stereocenters. The van der Waals surface area contributed by atoms with Crippen molar-refractivity contribution >= 4 is 70.1 Å². The number of nitrogens with zero attached hydrogens (tertiary/aromatic N) is 1. The Morgan fingerprint density at radius 1 is 0.404 bits per heavy atom. The van der Waals surface area contributed by atoms with Crippen LogP contribution in [0.15, 0.2) is 164 Å². The molecule has 10 rings (SSSR count). The molecule has 47 heavy (non-hydrogen) atoms. The highest BCUT2D eigenvalue weighted by atomic mass is 32.1. The minimum Gasteiger partial charge on any atom is -0.456 e. The van der Waals surface area contributed by atoms with Gasteiger partial charge in [-0.2, -0.15) is 0 Å². The van der Waals surface area contributed by atoms with Crippen molar-refractivity contribution in [1.82, 2.24) is 0 Å². The first kappa shape index (κ1) is 26.3. The number of ether oxygens (including phenoxy) is 1. The topological polar surface area (TPSA) is 12.5 Å². The third-order valence-corrected chi connectivity index (χ3v) is 10.6. The molecule has 1 aromatic heterocycles. The van der Waals surface area contributed by atoms with E-state index in [0.29, 0.717) is 0 Å². The Balaban J connectivity index is 1.11. The number of hydrogen-bond acceptors (Lipinski definition) is 3. The summed E-state index contributed by atoms with van der Waals surface area (Å²) in [5.41, 5.74) is 8.00. The average Bonchev–Trinajstić information content (AvgIpc) is 3.50. The summed E-state index contributed by atoms with van der Waals surface area (Å²) in [7, 11) is 0. The number of anilines is 3. The van der Waals surface area contributed by atoms with Crippen molar-refractivity contribution < 1.29 is 4.74 Å². The summed E-state index contributed by atoms with van der Waals surface area (Å²) in [6.07, 6.45) is 0. The van der Waals surface area contributed by atoms with Crippen LogP contribution in [-0.2, 0) is 0 Å². The van der Waals surface area contributed by atoms with E-state index in [4.69, 9.17) is 4.74 Å². The maximum atomic E-state index is 6.76. The van der Waals surface area contributed by atoms with Gasteiger partial charge in [0.15, 0.2) is 0 Å². The Hall–Kier alpha value is -5.90. The molecular formula is C44H27NOS. The maximum absolute atomic E-state index is 6.76. The summed E-state index contributed by atoms with van der Waals surface area (Å²) in [5.74, 6) is 1.76. The van der Waals surface area contributed by atoms with E-state index in [1.165, 1.54) is 53.0 Å². The zero-order valence-electron chi connectivity index (χ0n) is 25.4. The van der Waals surface area contributed by atoms with Crippen LogP contribution in [0.1, 0.15) is 0 Å². The third kappa shape index (κ3) is 4.17. The molecule has 0 fully saturated rings. The van der Waals surface area contributed by atoms with Crippen LogP contribution in [0.25, 0.3) is 64.0 Å². The van der Waals surface area contributed by atoms with Gasteiger partial charge in [-0.15, -0.1) is 11.3 Å². The molecule has 0 saturated heterocycles. The molecule has 9 aromatic rings. The molecule has 0 amide bonds. The molecule has 3 heteroatoms. The third-order valence-electron chi connectivity index (χ3n) is 9.43. The van der Waals surface area contributed by atoms with E-state index in [0.717, 1.165) is 39.5 Å². The van der Waals surface area contributed by atoms with Gasteiger partial charge in [0.2, 0.25) is 0 Å². The number of thiophene rings is 1. The molecule has 0 bridgehead atoms. The van der Waals surface area contributed by atoms with Gasteiger partial charge >= 0.3 is 0 Å². The van der Waals surface area contributed by atoms with E-state index >= 15 is 0 Å². The number of benzene rings is 8. The molecule has 1 aliphatic rings. The van der Waals surface area contributed by atoms with Gasteiger partial charge in [-0.1, -0.05) is 97.1 Å².